The summed E-state index contributed by atoms with van der Waals surface area (Å²) >= 11 is 1.70. The number of likely N-dealkylation sites (tertiary alicyclic amines) is 1. The van der Waals surface area contributed by atoms with Gasteiger partial charge in [-0.2, -0.15) is 4.98 Å². The number of hydrogen-bond acceptors (Lipinski definition) is 6. The van der Waals surface area contributed by atoms with Crippen LogP contribution in [0.3, 0.4) is 0 Å². The lowest BCUT2D eigenvalue weighted by atomic mass is 9.81. The second-order valence-electron chi connectivity index (χ2n) is 7.34. The number of carbonyl (C=O) groups excluding carboxylic acids is 1. The van der Waals surface area contributed by atoms with Crippen molar-refractivity contribution in [2.24, 2.45) is 0 Å². The molecule has 1 saturated heterocycles. The van der Waals surface area contributed by atoms with E-state index < -0.39 is 0 Å². The lowest BCUT2D eigenvalue weighted by molar-refractivity contribution is -0.142. The van der Waals surface area contributed by atoms with Gasteiger partial charge in [-0.05, 0) is 36.4 Å². The minimum absolute atomic E-state index is 0.112. The van der Waals surface area contributed by atoms with Crippen molar-refractivity contribution in [1.82, 2.24) is 20.0 Å². The van der Waals surface area contributed by atoms with E-state index in [1.54, 1.807) is 17.5 Å². The van der Waals surface area contributed by atoms with Crippen molar-refractivity contribution in [3.05, 3.63) is 52.7 Å². The van der Waals surface area contributed by atoms with Crippen molar-refractivity contribution in [2.75, 3.05) is 13.1 Å². The summed E-state index contributed by atoms with van der Waals surface area (Å²) < 4.78 is 5.44. The van der Waals surface area contributed by atoms with Gasteiger partial charge < -0.3 is 9.42 Å². The van der Waals surface area contributed by atoms with E-state index in [0.717, 1.165) is 25.7 Å². The van der Waals surface area contributed by atoms with Gasteiger partial charge in [0.1, 0.15) is 5.69 Å². The van der Waals surface area contributed by atoms with E-state index in [1.807, 2.05) is 29.2 Å². The van der Waals surface area contributed by atoms with Gasteiger partial charge in [0.05, 0.1) is 11.3 Å². The molecule has 4 heterocycles. The van der Waals surface area contributed by atoms with Gasteiger partial charge in [-0.15, -0.1) is 11.3 Å². The molecule has 1 aliphatic heterocycles. The maximum atomic E-state index is 13.3. The summed E-state index contributed by atoms with van der Waals surface area (Å²) in [5, 5.41) is 6.11. The molecule has 0 radical (unpaired) electrons. The van der Waals surface area contributed by atoms with Gasteiger partial charge in [0, 0.05) is 24.2 Å². The van der Waals surface area contributed by atoms with Gasteiger partial charge in [0.25, 0.3) is 0 Å². The number of thiophene rings is 1. The zero-order valence-corrected chi connectivity index (χ0v) is 15.7. The molecule has 0 aromatic carbocycles. The van der Waals surface area contributed by atoms with Crippen LogP contribution >= 0.6 is 11.3 Å². The second kappa shape index (κ2) is 6.56. The Morgan fingerprint density at radius 1 is 1.19 bits per heavy atom. The van der Waals surface area contributed by atoms with Crippen LogP contribution in [-0.4, -0.2) is 39.0 Å². The number of pyridine rings is 1. The molecule has 6 nitrogen and oxygen atoms in total. The van der Waals surface area contributed by atoms with Crippen molar-refractivity contribution in [3.63, 3.8) is 0 Å². The Balaban J connectivity index is 1.29. The predicted octanol–water partition coefficient (Wildman–Crippen LogP) is 3.63. The third-order valence-corrected chi connectivity index (χ3v) is 6.79. The third-order valence-electron chi connectivity index (χ3n) is 5.71. The van der Waals surface area contributed by atoms with E-state index in [1.165, 1.54) is 4.88 Å². The number of carbonyl (C=O) groups is 1. The van der Waals surface area contributed by atoms with Gasteiger partial charge >= 0.3 is 0 Å². The molecule has 1 saturated carbocycles. The quantitative estimate of drug-likeness (QED) is 0.691. The van der Waals surface area contributed by atoms with Crippen LogP contribution in [0.15, 0.2) is 46.4 Å². The Bertz CT molecular complexity index is 926. The minimum atomic E-state index is -0.312. The molecule has 3 aromatic heterocycles. The highest BCUT2D eigenvalue weighted by Gasteiger charge is 2.49. The average Bonchev–Trinajstić information content (AvgIpc) is 3.41. The smallest absolute Gasteiger partial charge is 0.234 e. The van der Waals surface area contributed by atoms with Crippen LogP contribution in [0.25, 0.3) is 11.5 Å². The maximum absolute atomic E-state index is 13.3. The first-order valence-corrected chi connectivity index (χ1v) is 10.2. The predicted molar refractivity (Wildman–Crippen MR) is 101 cm³/mol. The SMILES string of the molecule is O=C(N1CC(c2nc(-c3ccccn3)no2)C1)C1(c2cccs2)CCCC1. The van der Waals surface area contributed by atoms with Crippen LogP contribution in [-0.2, 0) is 10.2 Å². The van der Waals surface area contributed by atoms with Gasteiger partial charge in [-0.3, -0.25) is 9.78 Å². The molecule has 7 heteroatoms. The number of amides is 1. The highest BCUT2D eigenvalue weighted by atomic mass is 32.1. The van der Waals surface area contributed by atoms with Crippen molar-refractivity contribution >= 4 is 17.2 Å². The molecule has 5 rings (SSSR count). The van der Waals surface area contributed by atoms with E-state index in [4.69, 9.17) is 4.52 Å². The first kappa shape index (κ1) is 16.6. The van der Waals surface area contributed by atoms with E-state index in [0.29, 0.717) is 30.5 Å². The van der Waals surface area contributed by atoms with E-state index in [9.17, 15) is 4.79 Å². The van der Waals surface area contributed by atoms with Gasteiger partial charge in [-0.25, -0.2) is 0 Å². The highest BCUT2D eigenvalue weighted by Crippen LogP contribution is 2.46. The maximum Gasteiger partial charge on any atom is 0.234 e. The Kier molecular flexibility index (Phi) is 4.04. The molecule has 0 spiro atoms. The van der Waals surface area contributed by atoms with Crippen LogP contribution in [0.1, 0.15) is 42.4 Å². The van der Waals surface area contributed by atoms with Crippen molar-refractivity contribution < 1.29 is 9.32 Å². The zero-order valence-electron chi connectivity index (χ0n) is 14.9. The summed E-state index contributed by atoms with van der Waals surface area (Å²) in [7, 11) is 0. The summed E-state index contributed by atoms with van der Waals surface area (Å²) in [6.45, 7) is 1.30. The van der Waals surface area contributed by atoms with Gasteiger partial charge in [-0.1, -0.05) is 30.1 Å². The van der Waals surface area contributed by atoms with E-state index in [-0.39, 0.29) is 17.2 Å². The van der Waals surface area contributed by atoms with Crippen LogP contribution in [0.5, 0.6) is 0 Å². The van der Waals surface area contributed by atoms with Crippen molar-refractivity contribution in [3.8, 4) is 11.5 Å². The minimum Gasteiger partial charge on any atom is -0.340 e. The Hall–Kier alpha value is -2.54. The van der Waals surface area contributed by atoms with Crippen LogP contribution in [0.4, 0.5) is 0 Å². The molecular formula is C20H20N4O2S. The monoisotopic (exact) mass is 380 g/mol. The summed E-state index contributed by atoms with van der Waals surface area (Å²) in [5.41, 5.74) is 0.384. The van der Waals surface area contributed by atoms with E-state index >= 15 is 0 Å². The number of hydrogen-bond donors (Lipinski definition) is 0. The first-order valence-electron chi connectivity index (χ1n) is 9.35. The molecule has 138 valence electrons. The third kappa shape index (κ3) is 2.77. The molecule has 1 aliphatic carbocycles. The molecule has 0 bridgehead atoms. The zero-order chi connectivity index (χ0) is 18.3. The summed E-state index contributed by atoms with van der Waals surface area (Å²) in [6.07, 6.45) is 5.87. The molecular weight excluding hydrogens is 360 g/mol. The average molecular weight is 380 g/mol. The molecule has 2 fully saturated rings. The largest absolute Gasteiger partial charge is 0.340 e. The fraction of sp³-hybridized carbons (Fsp3) is 0.400. The second-order valence-corrected chi connectivity index (χ2v) is 8.29. The summed E-state index contributed by atoms with van der Waals surface area (Å²) in [6, 6.07) is 9.77. The Morgan fingerprint density at radius 2 is 2.04 bits per heavy atom. The van der Waals surface area contributed by atoms with Crippen molar-refractivity contribution in [1.29, 1.82) is 0 Å². The molecule has 27 heavy (non-hydrogen) atoms. The summed E-state index contributed by atoms with van der Waals surface area (Å²) in [5.74, 6) is 1.47. The molecule has 0 unspecified atom stereocenters. The van der Waals surface area contributed by atoms with E-state index in [2.05, 4.69) is 26.6 Å². The van der Waals surface area contributed by atoms with Crippen LogP contribution in [0, 0.1) is 0 Å². The Labute approximate surface area is 161 Å². The standard InChI is InChI=1S/C20H20N4O2S/c25-19(20(8-2-3-9-20)16-7-5-11-27-16)24-12-14(13-24)18-22-17(23-26-18)15-6-1-4-10-21-15/h1,4-7,10-11,14H,2-3,8-9,12-13H2. The Morgan fingerprint density at radius 3 is 2.74 bits per heavy atom. The number of aromatic nitrogens is 3. The molecule has 3 aromatic rings. The lowest BCUT2D eigenvalue weighted by Crippen LogP contribution is -2.55. The molecule has 0 N–H and O–H groups in total. The van der Waals surface area contributed by atoms with Gasteiger partial charge in [0.2, 0.25) is 17.6 Å². The fourth-order valence-electron chi connectivity index (χ4n) is 4.20. The van der Waals surface area contributed by atoms with Gasteiger partial charge in [0.15, 0.2) is 0 Å². The number of rotatable bonds is 4. The topological polar surface area (TPSA) is 72.1 Å². The molecule has 2 aliphatic rings. The van der Waals surface area contributed by atoms with Crippen LogP contribution in [0.2, 0.25) is 0 Å². The fourth-order valence-corrected chi connectivity index (χ4v) is 5.18. The normalized spacial score (nSPS) is 19.2. The first-order chi connectivity index (χ1) is 13.3. The highest BCUT2D eigenvalue weighted by molar-refractivity contribution is 7.10. The summed E-state index contributed by atoms with van der Waals surface area (Å²) in [4.78, 5) is 25.2. The molecule has 1 amide bonds. The number of nitrogens with zero attached hydrogens (tertiary/aromatic N) is 4. The van der Waals surface area contributed by atoms with Crippen molar-refractivity contribution in [2.45, 2.75) is 37.0 Å². The molecule has 0 atom stereocenters. The lowest BCUT2D eigenvalue weighted by Gasteiger charge is -2.42. The van der Waals surface area contributed by atoms with Crippen LogP contribution < -0.4 is 0 Å².